The average molecular weight is 444 g/mol. The van der Waals surface area contributed by atoms with Crippen molar-refractivity contribution in [3.05, 3.63) is 89.0 Å². The van der Waals surface area contributed by atoms with Crippen molar-refractivity contribution in [3.8, 4) is 11.5 Å². The molecule has 2 amide bonds. The second kappa shape index (κ2) is 9.55. The van der Waals surface area contributed by atoms with Crippen molar-refractivity contribution in [2.24, 2.45) is 0 Å². The first kappa shape index (κ1) is 21.3. The smallest absolute Gasteiger partial charge is 0.322 e. The fraction of sp³-hybridized carbons (Fsp3) is 0.296. The molecule has 0 saturated carbocycles. The molecule has 2 aliphatic heterocycles. The number of anilines is 1. The Bertz CT molecular complexity index is 1130. The third-order valence-electron chi connectivity index (χ3n) is 6.35. The molecule has 170 valence electrons. The second-order valence-electron chi connectivity index (χ2n) is 8.60. The fourth-order valence-electron chi connectivity index (χ4n) is 4.54. The second-order valence-corrected chi connectivity index (χ2v) is 8.60. The Kier molecular flexibility index (Phi) is 6.17. The minimum Gasteiger partial charge on any atom is -0.497 e. The summed E-state index contributed by atoms with van der Waals surface area (Å²) in [6.45, 7) is 4.45. The van der Waals surface area contributed by atoms with Crippen molar-refractivity contribution in [1.29, 1.82) is 0 Å². The topological polar surface area (TPSA) is 54.0 Å². The SMILES string of the molecule is COc1ccc(NC(=O)N2CCOc3ccc(CN4CCc5ccccc5C4)cc3C2)cc1. The zero-order valence-electron chi connectivity index (χ0n) is 18.9. The molecule has 6 nitrogen and oxygen atoms in total. The Balaban J connectivity index is 1.26. The van der Waals surface area contributed by atoms with Gasteiger partial charge in [-0.3, -0.25) is 4.90 Å². The third-order valence-corrected chi connectivity index (χ3v) is 6.35. The molecule has 2 aliphatic rings. The van der Waals surface area contributed by atoms with Crippen LogP contribution in [0, 0.1) is 0 Å². The number of carbonyl (C=O) groups excluding carboxylic acids is 1. The van der Waals surface area contributed by atoms with Gasteiger partial charge in [0.15, 0.2) is 0 Å². The highest BCUT2D eigenvalue weighted by Crippen LogP contribution is 2.27. The normalized spacial score (nSPS) is 15.6. The van der Waals surface area contributed by atoms with E-state index in [9.17, 15) is 4.79 Å². The number of rotatable bonds is 4. The van der Waals surface area contributed by atoms with E-state index < -0.39 is 0 Å². The van der Waals surface area contributed by atoms with Crippen molar-refractivity contribution < 1.29 is 14.3 Å². The molecule has 2 heterocycles. The molecule has 33 heavy (non-hydrogen) atoms. The Morgan fingerprint density at radius 2 is 1.79 bits per heavy atom. The van der Waals surface area contributed by atoms with Gasteiger partial charge in [-0.1, -0.05) is 30.3 Å². The fourth-order valence-corrected chi connectivity index (χ4v) is 4.54. The molecule has 3 aromatic rings. The van der Waals surface area contributed by atoms with Crippen LogP contribution >= 0.6 is 0 Å². The van der Waals surface area contributed by atoms with E-state index in [1.165, 1.54) is 16.7 Å². The van der Waals surface area contributed by atoms with Crippen molar-refractivity contribution in [1.82, 2.24) is 9.80 Å². The predicted octanol–water partition coefficient (Wildman–Crippen LogP) is 4.68. The van der Waals surface area contributed by atoms with Gasteiger partial charge in [0, 0.05) is 30.9 Å². The molecular weight excluding hydrogens is 414 g/mol. The van der Waals surface area contributed by atoms with E-state index in [4.69, 9.17) is 9.47 Å². The van der Waals surface area contributed by atoms with Gasteiger partial charge < -0.3 is 19.7 Å². The number of ether oxygens (including phenoxy) is 2. The van der Waals surface area contributed by atoms with Crippen molar-refractivity contribution in [3.63, 3.8) is 0 Å². The number of hydrogen-bond donors (Lipinski definition) is 1. The number of benzene rings is 3. The molecule has 0 bridgehead atoms. The number of carbonyl (C=O) groups is 1. The highest BCUT2D eigenvalue weighted by atomic mass is 16.5. The molecule has 3 aromatic carbocycles. The maximum absolute atomic E-state index is 12.9. The quantitative estimate of drug-likeness (QED) is 0.636. The molecule has 6 heteroatoms. The van der Waals surface area contributed by atoms with E-state index in [-0.39, 0.29) is 6.03 Å². The summed E-state index contributed by atoms with van der Waals surface area (Å²) in [4.78, 5) is 17.2. The molecule has 0 fully saturated rings. The molecular formula is C27H29N3O3. The lowest BCUT2D eigenvalue weighted by molar-refractivity contribution is 0.200. The van der Waals surface area contributed by atoms with Gasteiger partial charge in [-0.15, -0.1) is 0 Å². The number of hydrogen-bond acceptors (Lipinski definition) is 4. The predicted molar refractivity (Wildman–Crippen MR) is 129 cm³/mol. The number of methoxy groups -OCH3 is 1. The van der Waals surface area contributed by atoms with Crippen LogP contribution in [0.3, 0.4) is 0 Å². The van der Waals surface area contributed by atoms with Gasteiger partial charge in [0.25, 0.3) is 0 Å². The minimum absolute atomic E-state index is 0.130. The minimum atomic E-state index is -0.130. The van der Waals surface area contributed by atoms with Crippen LogP contribution in [0.25, 0.3) is 0 Å². The summed E-state index contributed by atoms with van der Waals surface area (Å²) >= 11 is 0. The lowest BCUT2D eigenvalue weighted by Crippen LogP contribution is -2.36. The molecule has 5 rings (SSSR count). The summed E-state index contributed by atoms with van der Waals surface area (Å²) in [5, 5.41) is 2.98. The molecule has 0 aromatic heterocycles. The Labute approximate surface area is 194 Å². The molecule has 0 unspecified atom stereocenters. The molecule has 1 N–H and O–H groups in total. The largest absolute Gasteiger partial charge is 0.497 e. The summed E-state index contributed by atoms with van der Waals surface area (Å²) in [7, 11) is 1.63. The van der Waals surface area contributed by atoms with Gasteiger partial charge in [-0.2, -0.15) is 0 Å². The van der Waals surface area contributed by atoms with Gasteiger partial charge in [0.2, 0.25) is 0 Å². The van der Waals surface area contributed by atoms with E-state index >= 15 is 0 Å². The zero-order valence-corrected chi connectivity index (χ0v) is 18.9. The van der Waals surface area contributed by atoms with E-state index in [1.54, 1.807) is 12.0 Å². The number of urea groups is 1. The molecule has 0 spiro atoms. The number of amides is 2. The maximum Gasteiger partial charge on any atom is 0.322 e. The number of nitrogens with zero attached hydrogens (tertiary/aromatic N) is 2. The first-order valence-corrected chi connectivity index (χ1v) is 11.4. The summed E-state index contributed by atoms with van der Waals surface area (Å²) in [5.41, 5.74) is 5.91. The number of fused-ring (bicyclic) bond motifs is 2. The molecule has 0 aliphatic carbocycles. The lowest BCUT2D eigenvalue weighted by Gasteiger charge is -2.29. The zero-order chi connectivity index (χ0) is 22.6. The van der Waals surface area contributed by atoms with Crippen LogP contribution < -0.4 is 14.8 Å². The highest BCUT2D eigenvalue weighted by molar-refractivity contribution is 5.89. The van der Waals surface area contributed by atoms with E-state index in [0.717, 1.165) is 48.8 Å². The van der Waals surface area contributed by atoms with Crippen LogP contribution in [0.2, 0.25) is 0 Å². The van der Waals surface area contributed by atoms with Crippen LogP contribution in [-0.2, 0) is 26.1 Å². The van der Waals surface area contributed by atoms with Crippen molar-refractivity contribution in [2.75, 3.05) is 32.1 Å². The van der Waals surface area contributed by atoms with E-state index in [2.05, 4.69) is 46.6 Å². The first-order chi connectivity index (χ1) is 16.2. The van der Waals surface area contributed by atoms with Crippen LogP contribution in [0.4, 0.5) is 10.5 Å². The molecule has 0 radical (unpaired) electrons. The summed E-state index contributed by atoms with van der Waals surface area (Å²) in [6.07, 6.45) is 1.09. The monoisotopic (exact) mass is 443 g/mol. The number of nitrogens with one attached hydrogen (secondary N) is 1. The third kappa shape index (κ3) is 4.96. The Morgan fingerprint density at radius 3 is 2.61 bits per heavy atom. The molecule has 0 atom stereocenters. The van der Waals surface area contributed by atoms with Gasteiger partial charge in [0.1, 0.15) is 18.1 Å². The van der Waals surface area contributed by atoms with Gasteiger partial charge in [-0.05, 0) is 59.5 Å². The summed E-state index contributed by atoms with van der Waals surface area (Å²) in [5.74, 6) is 1.62. The standard InChI is InChI=1S/C27H29N3O3/c1-32-25-9-7-24(8-10-25)28-27(31)30-14-15-33-26-11-6-20(16-23(26)19-30)17-29-13-12-21-4-2-3-5-22(21)18-29/h2-11,16H,12-15,17-19H2,1H3,(H,28,31). The van der Waals surface area contributed by atoms with E-state index in [1.807, 2.05) is 30.3 Å². The van der Waals surface area contributed by atoms with Gasteiger partial charge in [-0.25, -0.2) is 4.79 Å². The van der Waals surface area contributed by atoms with Crippen molar-refractivity contribution >= 4 is 11.7 Å². The highest BCUT2D eigenvalue weighted by Gasteiger charge is 2.21. The Morgan fingerprint density at radius 1 is 0.970 bits per heavy atom. The van der Waals surface area contributed by atoms with Crippen LogP contribution in [0.15, 0.2) is 66.7 Å². The maximum atomic E-state index is 12.9. The lowest BCUT2D eigenvalue weighted by atomic mass is 9.99. The summed E-state index contributed by atoms with van der Waals surface area (Å²) < 4.78 is 11.1. The van der Waals surface area contributed by atoms with Crippen LogP contribution in [0.1, 0.15) is 22.3 Å². The van der Waals surface area contributed by atoms with E-state index in [0.29, 0.717) is 19.7 Å². The summed E-state index contributed by atoms with van der Waals surface area (Å²) in [6, 6.07) is 22.3. The van der Waals surface area contributed by atoms with Crippen LogP contribution in [-0.4, -0.2) is 42.6 Å². The molecule has 0 saturated heterocycles. The van der Waals surface area contributed by atoms with Crippen LogP contribution in [0.5, 0.6) is 11.5 Å². The van der Waals surface area contributed by atoms with Gasteiger partial charge >= 0.3 is 6.03 Å². The van der Waals surface area contributed by atoms with Crippen molar-refractivity contribution in [2.45, 2.75) is 26.1 Å². The first-order valence-electron chi connectivity index (χ1n) is 11.4. The average Bonchev–Trinajstić information content (AvgIpc) is 3.07. The Hall–Kier alpha value is -3.51. The van der Waals surface area contributed by atoms with Gasteiger partial charge in [0.05, 0.1) is 20.2 Å².